The van der Waals surface area contributed by atoms with E-state index in [1.165, 1.54) is 77.7 Å². The fourth-order valence-electron chi connectivity index (χ4n) is 5.27. The predicted molar refractivity (Wildman–Crippen MR) is 146 cm³/mol. The highest BCUT2D eigenvalue weighted by Gasteiger charge is 2.54. The molecule has 1 aliphatic rings. The minimum absolute atomic E-state index is 0.119. The largest absolute Gasteiger partial charge is 0.606 e. The van der Waals surface area contributed by atoms with Crippen LogP contribution < -0.4 is 4.89 Å². The molecular weight excluding hydrogens is 477 g/mol. The predicted octanol–water partition coefficient (Wildman–Crippen LogP) is 6.34. The van der Waals surface area contributed by atoms with Crippen molar-refractivity contribution in [3.8, 4) is 0 Å². The van der Waals surface area contributed by atoms with Gasteiger partial charge in [0.25, 0.3) is 0 Å². The average Bonchev–Trinajstić information content (AvgIpc) is 3.20. The highest BCUT2D eigenvalue weighted by Crippen LogP contribution is 2.56. The zero-order chi connectivity index (χ0) is 26.9. The van der Waals surface area contributed by atoms with Gasteiger partial charge in [0.1, 0.15) is 19.3 Å². The summed E-state index contributed by atoms with van der Waals surface area (Å²) in [5.74, 6) is -0.328. The van der Waals surface area contributed by atoms with E-state index in [9.17, 15) is 14.6 Å². The fraction of sp³-hybridized carbons (Fsp3) is 0.964. The van der Waals surface area contributed by atoms with Gasteiger partial charge >= 0.3 is 14.1 Å². The molecule has 8 heteroatoms. The molecule has 1 N–H and O–H groups in total. The van der Waals surface area contributed by atoms with Crippen LogP contribution in [-0.4, -0.2) is 62.9 Å². The number of hydrogen-bond donors (Lipinski definition) is 1. The van der Waals surface area contributed by atoms with Gasteiger partial charge in [-0.2, -0.15) is 13.9 Å². The lowest BCUT2D eigenvalue weighted by Crippen LogP contribution is -2.42. The number of quaternary nitrogens is 1. The molecule has 0 amide bonds. The first-order valence-electron chi connectivity index (χ1n) is 14.6. The van der Waals surface area contributed by atoms with E-state index in [1.807, 2.05) is 21.1 Å². The van der Waals surface area contributed by atoms with E-state index in [0.29, 0.717) is 30.3 Å². The minimum Gasteiger partial charge on any atom is -0.606 e. The van der Waals surface area contributed by atoms with Gasteiger partial charge in [-0.1, -0.05) is 96.8 Å². The summed E-state index contributed by atoms with van der Waals surface area (Å²) in [5.41, 5.74) is -0.853. The smallest absolute Gasteiger partial charge is 0.377 e. The molecule has 0 aromatic carbocycles. The van der Waals surface area contributed by atoms with Crippen molar-refractivity contribution in [3.63, 3.8) is 0 Å². The third kappa shape index (κ3) is 14.0. The Morgan fingerprint density at radius 2 is 1.44 bits per heavy atom. The molecule has 1 fully saturated rings. The van der Waals surface area contributed by atoms with Crippen molar-refractivity contribution in [1.29, 1.82) is 0 Å². The first kappa shape index (κ1) is 33.7. The second-order valence-corrected chi connectivity index (χ2v) is 13.2. The summed E-state index contributed by atoms with van der Waals surface area (Å²) < 4.78 is 16.6. The molecule has 1 aliphatic carbocycles. The van der Waals surface area contributed by atoms with Crippen molar-refractivity contribution in [3.05, 3.63) is 0 Å². The van der Waals surface area contributed by atoms with Crippen LogP contribution in [0.1, 0.15) is 122 Å². The van der Waals surface area contributed by atoms with Crippen LogP contribution in [0.15, 0.2) is 0 Å². The molecule has 2 unspecified atom stereocenters. The van der Waals surface area contributed by atoms with Gasteiger partial charge in [0.05, 0.1) is 33.7 Å². The number of hydrogen-bond acceptors (Lipinski definition) is 6. The third-order valence-electron chi connectivity index (χ3n) is 7.55. The number of nitrogens with zero attached hydrogens (tertiary/aromatic N) is 1. The van der Waals surface area contributed by atoms with E-state index < -0.39 is 19.7 Å². The van der Waals surface area contributed by atoms with Crippen LogP contribution in [0.2, 0.25) is 0 Å². The Morgan fingerprint density at radius 1 is 0.944 bits per heavy atom. The number of carbonyl (C=O) groups excluding carboxylic acids is 1. The van der Waals surface area contributed by atoms with Gasteiger partial charge < -0.3 is 14.1 Å². The topological polar surface area (TPSA) is 88.1 Å². The van der Waals surface area contributed by atoms with Crippen LogP contribution in [0.3, 0.4) is 0 Å². The number of likely N-dealkylation sites (N-methyl/N-ethyl adjacent to an activating group) is 1. The van der Waals surface area contributed by atoms with Crippen LogP contribution in [0.25, 0.3) is 0 Å². The molecule has 1 rings (SSSR count). The first-order valence-corrected chi connectivity index (χ1v) is 16.1. The highest BCUT2D eigenvalue weighted by atomic mass is 31.2. The molecule has 1 saturated carbocycles. The fourth-order valence-corrected chi connectivity index (χ4v) is 6.28. The van der Waals surface area contributed by atoms with Gasteiger partial charge in [0.15, 0.2) is 0 Å². The van der Waals surface area contributed by atoms with E-state index >= 15 is 0 Å². The number of carbonyl (C=O) groups is 1. The molecule has 36 heavy (non-hydrogen) atoms. The van der Waals surface area contributed by atoms with Crippen molar-refractivity contribution in [1.82, 2.24) is 0 Å². The van der Waals surface area contributed by atoms with E-state index in [4.69, 9.17) is 13.8 Å². The Morgan fingerprint density at radius 3 is 1.92 bits per heavy atom. The van der Waals surface area contributed by atoms with E-state index in [-0.39, 0.29) is 12.6 Å². The second-order valence-electron chi connectivity index (χ2n) is 11.8. The van der Waals surface area contributed by atoms with Crippen molar-refractivity contribution in [2.24, 2.45) is 5.41 Å². The van der Waals surface area contributed by atoms with Gasteiger partial charge in [-0.05, 0) is 25.7 Å². The molecule has 3 atom stereocenters. The number of esters is 1. The van der Waals surface area contributed by atoms with E-state index in [1.54, 1.807) is 0 Å². The number of rotatable bonds is 22. The molecule has 7 nitrogen and oxygen atoms in total. The monoisotopic (exact) mass is 534 g/mol. The Kier molecular flexibility index (Phi) is 16.9. The zero-order valence-electron chi connectivity index (χ0n) is 24.1. The molecular formula is C28H57NO6P+. The maximum Gasteiger partial charge on any atom is 0.377 e. The molecule has 0 aliphatic heterocycles. The molecule has 0 spiro atoms. The van der Waals surface area contributed by atoms with Crippen LogP contribution in [0.5, 0.6) is 0 Å². The Bertz CT molecular complexity index is 583. The average molecular weight is 535 g/mol. The van der Waals surface area contributed by atoms with Gasteiger partial charge in [-0.3, -0.25) is 4.79 Å². The maximum absolute atomic E-state index is 12.8. The second kappa shape index (κ2) is 18.1. The van der Waals surface area contributed by atoms with Crippen molar-refractivity contribution in [2.45, 2.75) is 129 Å². The molecule has 0 saturated heterocycles. The normalized spacial score (nSPS) is 22.0. The summed E-state index contributed by atoms with van der Waals surface area (Å²) >= 11 is 0. The van der Waals surface area contributed by atoms with Crippen LogP contribution >= 0.6 is 8.17 Å². The summed E-state index contributed by atoms with van der Waals surface area (Å²) in [6.45, 7) is 2.96. The standard InChI is InChI=1S/C28H56NO6P/c1-6-7-8-9-10-11-12-13-14-15-16-17-18-19-22-28(27(30)33-5)23-20-21-26(28)35-36(31,32)34-25-24-29(2,3)4/h26H,6-25H2,1-5H3/p+1/t26?,28-/m1/s1. The highest BCUT2D eigenvalue weighted by molar-refractivity contribution is 7.52. The summed E-state index contributed by atoms with van der Waals surface area (Å²) in [6, 6.07) is 0. The van der Waals surface area contributed by atoms with Crippen molar-refractivity contribution >= 4 is 14.1 Å². The van der Waals surface area contributed by atoms with E-state index in [2.05, 4.69) is 6.92 Å². The lowest BCUT2D eigenvalue weighted by atomic mass is 9.79. The number of unbranched alkanes of at least 4 members (excludes halogenated alkanes) is 13. The molecule has 214 valence electrons. The first-order chi connectivity index (χ1) is 17.1. The molecule has 0 heterocycles. The number of phosphoric acid groups is 1. The molecule has 0 aromatic heterocycles. The Hall–Kier alpha value is -0.300. The number of phosphoric ester groups is 1. The number of ether oxygens (including phenoxy) is 1. The molecule has 0 aromatic rings. The summed E-state index contributed by atoms with van der Waals surface area (Å²) in [7, 11) is 3.11. The minimum atomic E-state index is -4.25. The lowest BCUT2D eigenvalue weighted by molar-refractivity contribution is -0.870. The van der Waals surface area contributed by atoms with Crippen LogP contribution in [-0.2, 0) is 18.6 Å². The van der Waals surface area contributed by atoms with Crippen LogP contribution in [0.4, 0.5) is 0 Å². The van der Waals surface area contributed by atoms with Gasteiger partial charge in [0.2, 0.25) is 0 Å². The van der Waals surface area contributed by atoms with Gasteiger partial charge in [0, 0.05) is 0 Å². The molecule has 0 radical (unpaired) electrons. The summed E-state index contributed by atoms with van der Waals surface area (Å²) in [4.78, 5) is 35.7. The summed E-state index contributed by atoms with van der Waals surface area (Å²) in [5, 5.41) is 0. The van der Waals surface area contributed by atoms with Crippen molar-refractivity contribution in [2.75, 3.05) is 41.4 Å². The summed E-state index contributed by atoms with van der Waals surface area (Å²) in [6.07, 6.45) is 19.8. The third-order valence-corrected chi connectivity index (χ3v) is 8.58. The lowest BCUT2D eigenvalue weighted by Gasteiger charge is -2.34. The SMILES string of the molecule is CCCCCCCCCCCCCCCC[C@@]1(C(=O)OC)CCCC1O[P+]([O-])(O)OCC[N+](C)(C)C. The maximum atomic E-state index is 12.8. The van der Waals surface area contributed by atoms with Gasteiger partial charge in [-0.25, -0.2) is 0 Å². The zero-order valence-corrected chi connectivity index (χ0v) is 25.0. The Balaban J connectivity index is 2.34. The van der Waals surface area contributed by atoms with Gasteiger partial charge in [-0.15, -0.1) is 0 Å². The van der Waals surface area contributed by atoms with Crippen molar-refractivity contribution < 1.29 is 32.8 Å². The quantitative estimate of drug-likeness (QED) is 0.0755. The number of methoxy groups -OCH3 is 1. The van der Waals surface area contributed by atoms with Crippen LogP contribution in [0, 0.1) is 5.41 Å². The molecule has 0 bridgehead atoms. The van der Waals surface area contributed by atoms with E-state index in [0.717, 1.165) is 25.7 Å². The Labute approximate surface area is 222 Å².